The molecule has 0 saturated heterocycles. The van der Waals surface area contributed by atoms with Crippen molar-refractivity contribution in [2.75, 3.05) is 5.33 Å². The van der Waals surface area contributed by atoms with E-state index in [1.54, 1.807) is 6.07 Å². The fraction of sp³-hybridized carbons (Fsp3) is 0.294. The van der Waals surface area contributed by atoms with Gasteiger partial charge in [0.1, 0.15) is 11.5 Å². The highest BCUT2D eigenvalue weighted by molar-refractivity contribution is 9.09. The summed E-state index contributed by atoms with van der Waals surface area (Å²) in [6.45, 7) is 5.13. The predicted molar refractivity (Wildman–Crippen MR) is 89.1 cm³/mol. The van der Waals surface area contributed by atoms with Crippen molar-refractivity contribution in [2.24, 2.45) is 0 Å². The molecule has 0 heterocycles. The van der Waals surface area contributed by atoms with E-state index < -0.39 is 5.97 Å². The second-order valence-corrected chi connectivity index (χ2v) is 5.67. The van der Waals surface area contributed by atoms with E-state index in [1.165, 1.54) is 6.92 Å². The third-order valence-electron chi connectivity index (χ3n) is 2.99. The van der Waals surface area contributed by atoms with Crippen molar-refractivity contribution in [2.45, 2.75) is 26.9 Å². The van der Waals surface area contributed by atoms with Crippen molar-refractivity contribution >= 4 is 38.5 Å². The van der Waals surface area contributed by atoms with Gasteiger partial charge in [-0.25, -0.2) is 0 Å². The number of fused-ring (bicyclic) bond motifs is 1. The summed E-state index contributed by atoms with van der Waals surface area (Å²) in [6.07, 6.45) is -0.0788. The number of ether oxygens (including phenoxy) is 2. The van der Waals surface area contributed by atoms with Gasteiger partial charge in [-0.3, -0.25) is 9.59 Å². The van der Waals surface area contributed by atoms with E-state index in [0.29, 0.717) is 17.1 Å². The number of carbonyl (C=O) groups excluding carboxylic acids is 2. The van der Waals surface area contributed by atoms with Crippen LogP contribution in [-0.4, -0.2) is 23.2 Å². The quantitative estimate of drug-likeness (QED) is 0.346. The summed E-state index contributed by atoms with van der Waals surface area (Å²) in [5.41, 5.74) is 0.403. The van der Waals surface area contributed by atoms with Crippen molar-refractivity contribution in [3.8, 4) is 11.5 Å². The lowest BCUT2D eigenvalue weighted by atomic mass is 10.0. The van der Waals surface area contributed by atoms with E-state index in [9.17, 15) is 9.59 Å². The number of hydrogen-bond donors (Lipinski definition) is 0. The lowest BCUT2D eigenvalue weighted by Crippen LogP contribution is -2.12. The van der Waals surface area contributed by atoms with E-state index in [4.69, 9.17) is 9.47 Å². The van der Waals surface area contributed by atoms with Crippen molar-refractivity contribution < 1.29 is 19.1 Å². The van der Waals surface area contributed by atoms with Crippen LogP contribution < -0.4 is 9.47 Å². The molecule has 0 aliphatic rings. The summed E-state index contributed by atoms with van der Waals surface area (Å²) in [5, 5.41) is 1.65. The number of benzene rings is 2. The van der Waals surface area contributed by atoms with Crippen LogP contribution in [0.3, 0.4) is 0 Å². The van der Waals surface area contributed by atoms with Gasteiger partial charge in [-0.2, -0.15) is 0 Å². The average Bonchev–Trinajstić information content (AvgIpc) is 2.47. The molecule has 0 fully saturated rings. The summed E-state index contributed by atoms with van der Waals surface area (Å²) in [7, 11) is 0. The first-order valence-corrected chi connectivity index (χ1v) is 8.06. The van der Waals surface area contributed by atoms with Gasteiger partial charge in [0.05, 0.1) is 17.0 Å². The molecule has 0 spiro atoms. The van der Waals surface area contributed by atoms with Gasteiger partial charge >= 0.3 is 5.97 Å². The summed E-state index contributed by atoms with van der Waals surface area (Å²) in [4.78, 5) is 23.6. The zero-order valence-corrected chi connectivity index (χ0v) is 14.3. The van der Waals surface area contributed by atoms with Gasteiger partial charge in [0.25, 0.3) is 0 Å². The maximum Gasteiger partial charge on any atom is 0.308 e. The maximum absolute atomic E-state index is 12.2. The molecule has 2 aromatic carbocycles. The van der Waals surface area contributed by atoms with Crippen molar-refractivity contribution in [1.82, 2.24) is 0 Å². The normalized spacial score (nSPS) is 10.8. The number of ketones is 1. The summed E-state index contributed by atoms with van der Waals surface area (Å²) in [6, 6.07) is 8.97. The van der Waals surface area contributed by atoms with E-state index in [2.05, 4.69) is 15.9 Å². The Labute approximate surface area is 137 Å². The Hall–Kier alpha value is -1.88. The molecule has 0 aliphatic carbocycles. The minimum Gasteiger partial charge on any atom is -0.490 e. The molecule has 0 unspecified atom stereocenters. The molecule has 0 N–H and O–H groups in total. The largest absolute Gasteiger partial charge is 0.490 e. The van der Waals surface area contributed by atoms with Crippen LogP contribution in [0.5, 0.6) is 11.5 Å². The van der Waals surface area contributed by atoms with Gasteiger partial charge in [0.15, 0.2) is 5.78 Å². The highest BCUT2D eigenvalue weighted by atomic mass is 79.9. The van der Waals surface area contributed by atoms with Crippen molar-refractivity contribution in [3.05, 3.63) is 35.9 Å². The van der Waals surface area contributed by atoms with E-state index in [1.807, 2.05) is 38.1 Å². The molecule has 5 heteroatoms. The van der Waals surface area contributed by atoms with Crippen LogP contribution in [0.25, 0.3) is 10.8 Å². The van der Waals surface area contributed by atoms with E-state index in [-0.39, 0.29) is 17.2 Å². The molecule has 22 heavy (non-hydrogen) atoms. The Morgan fingerprint density at radius 2 is 1.82 bits per heavy atom. The molecule has 0 bridgehead atoms. The lowest BCUT2D eigenvalue weighted by molar-refractivity contribution is -0.131. The molecule has 4 nitrogen and oxygen atoms in total. The topological polar surface area (TPSA) is 52.6 Å². The number of Topliss-reactive ketones (excluding diaryl/α,β-unsaturated/α-hetero) is 1. The van der Waals surface area contributed by atoms with Gasteiger partial charge in [-0.1, -0.05) is 40.2 Å². The highest BCUT2D eigenvalue weighted by Gasteiger charge is 2.20. The van der Waals surface area contributed by atoms with Gasteiger partial charge in [-0.15, -0.1) is 0 Å². The Kier molecular flexibility index (Phi) is 5.19. The first-order chi connectivity index (χ1) is 10.4. The van der Waals surface area contributed by atoms with Crippen LogP contribution in [0.4, 0.5) is 0 Å². The number of rotatable bonds is 5. The molecular formula is C17H17BrO4. The van der Waals surface area contributed by atoms with Crippen LogP contribution in [0.2, 0.25) is 0 Å². The molecule has 0 saturated carbocycles. The summed E-state index contributed by atoms with van der Waals surface area (Å²) in [5.74, 6) is 0.323. The predicted octanol–water partition coefficient (Wildman–Crippen LogP) is 4.13. The summed E-state index contributed by atoms with van der Waals surface area (Å²) < 4.78 is 11.1. The Morgan fingerprint density at radius 1 is 1.18 bits per heavy atom. The summed E-state index contributed by atoms with van der Waals surface area (Å²) >= 11 is 3.18. The second-order valence-electron chi connectivity index (χ2n) is 5.11. The smallest absolute Gasteiger partial charge is 0.308 e. The molecule has 0 radical (unpaired) electrons. The number of hydrogen-bond acceptors (Lipinski definition) is 4. The van der Waals surface area contributed by atoms with Crippen LogP contribution in [0.1, 0.15) is 31.1 Å². The van der Waals surface area contributed by atoms with Crippen LogP contribution in [0, 0.1) is 0 Å². The number of esters is 1. The number of halogens is 1. The zero-order valence-electron chi connectivity index (χ0n) is 12.7. The molecule has 0 atom stereocenters. The Morgan fingerprint density at radius 3 is 2.36 bits per heavy atom. The maximum atomic E-state index is 12.2. The molecule has 0 amide bonds. The molecule has 0 aliphatic heterocycles. The average molecular weight is 365 g/mol. The van der Waals surface area contributed by atoms with Gasteiger partial charge in [0, 0.05) is 17.7 Å². The van der Waals surface area contributed by atoms with Crippen LogP contribution in [0.15, 0.2) is 30.3 Å². The Balaban J connectivity index is 2.77. The number of carbonyl (C=O) groups is 2. The molecule has 0 aromatic heterocycles. The lowest BCUT2D eigenvalue weighted by Gasteiger charge is -2.18. The zero-order chi connectivity index (χ0) is 16.3. The number of alkyl halides is 1. The molecule has 116 valence electrons. The van der Waals surface area contributed by atoms with Gasteiger partial charge in [-0.05, 0) is 19.9 Å². The monoisotopic (exact) mass is 364 g/mol. The standard InChI is InChI=1S/C17H17BrO4/c1-10(2)21-17-13-7-5-4-6-12(13)16(22-11(3)19)8-14(17)15(20)9-18/h4-8,10H,9H2,1-3H3. The second kappa shape index (κ2) is 6.92. The minimum atomic E-state index is -0.431. The SMILES string of the molecule is CC(=O)Oc1cc(C(=O)CBr)c(OC(C)C)c2ccccc12. The molecule has 2 aromatic rings. The van der Waals surface area contributed by atoms with Crippen LogP contribution in [-0.2, 0) is 4.79 Å². The van der Waals surface area contributed by atoms with E-state index >= 15 is 0 Å². The fourth-order valence-electron chi connectivity index (χ4n) is 2.20. The first kappa shape index (κ1) is 16.5. The molecule has 2 rings (SSSR count). The van der Waals surface area contributed by atoms with Crippen molar-refractivity contribution in [3.63, 3.8) is 0 Å². The van der Waals surface area contributed by atoms with Crippen LogP contribution >= 0.6 is 15.9 Å². The third kappa shape index (κ3) is 3.47. The fourth-order valence-corrected chi connectivity index (χ4v) is 2.50. The first-order valence-electron chi connectivity index (χ1n) is 6.94. The minimum absolute atomic E-state index is 0.0788. The third-order valence-corrected chi connectivity index (χ3v) is 3.50. The van der Waals surface area contributed by atoms with Gasteiger partial charge < -0.3 is 9.47 Å². The highest BCUT2D eigenvalue weighted by Crippen LogP contribution is 2.38. The van der Waals surface area contributed by atoms with E-state index in [0.717, 1.165) is 10.8 Å². The molecular weight excluding hydrogens is 348 g/mol. The van der Waals surface area contributed by atoms with Crippen molar-refractivity contribution in [1.29, 1.82) is 0 Å². The van der Waals surface area contributed by atoms with Gasteiger partial charge in [0.2, 0.25) is 0 Å². The Bertz CT molecular complexity index is 722.